The van der Waals surface area contributed by atoms with Gasteiger partial charge in [-0.3, -0.25) is 9.59 Å². The molecule has 4 N–H and O–H groups in total. The Morgan fingerprint density at radius 3 is 2.38 bits per heavy atom. The van der Waals surface area contributed by atoms with E-state index in [2.05, 4.69) is 6.92 Å². The zero-order chi connectivity index (χ0) is 17.7. The van der Waals surface area contributed by atoms with Gasteiger partial charge >= 0.3 is 11.9 Å². The summed E-state index contributed by atoms with van der Waals surface area (Å²) in [6, 6.07) is 9.57. The molecule has 1 unspecified atom stereocenters. The molecule has 24 heavy (non-hydrogen) atoms. The number of carboxylic acid groups (broad SMARTS) is 2. The molecule has 0 heterocycles. The summed E-state index contributed by atoms with van der Waals surface area (Å²) >= 11 is 0. The summed E-state index contributed by atoms with van der Waals surface area (Å²) in [6.07, 6.45) is 4.54. The van der Waals surface area contributed by atoms with Crippen LogP contribution in [0.1, 0.15) is 44.6 Å². The van der Waals surface area contributed by atoms with Gasteiger partial charge in [-0.25, -0.2) is 0 Å². The number of hydrogen-bond donors (Lipinski definition) is 3. The maximum Gasteiger partial charge on any atom is 0.324 e. The van der Waals surface area contributed by atoms with Crippen LogP contribution in [0.25, 0.3) is 0 Å². The summed E-state index contributed by atoms with van der Waals surface area (Å²) in [5.41, 5.74) is 5.79. The SMILES string of the molecule is CCCCC[C@@H]1[C@H](C(=O)O)[C@H]1C(N)(CCc1ccccc1)C(=O)O. The fourth-order valence-corrected chi connectivity index (χ4v) is 3.81. The normalized spacial score (nSPS) is 25.0. The van der Waals surface area contributed by atoms with Crippen molar-refractivity contribution in [2.24, 2.45) is 23.5 Å². The van der Waals surface area contributed by atoms with Crippen LogP contribution in [0.4, 0.5) is 0 Å². The minimum absolute atomic E-state index is 0.120. The highest BCUT2D eigenvalue weighted by Crippen LogP contribution is 2.55. The number of hydrogen-bond acceptors (Lipinski definition) is 3. The molecule has 0 saturated heterocycles. The maximum atomic E-state index is 11.8. The molecule has 4 atom stereocenters. The Morgan fingerprint density at radius 2 is 1.83 bits per heavy atom. The molecule has 1 aliphatic rings. The smallest absolute Gasteiger partial charge is 0.324 e. The lowest BCUT2D eigenvalue weighted by Gasteiger charge is -2.25. The zero-order valence-electron chi connectivity index (χ0n) is 14.1. The number of aryl methyl sites for hydroxylation is 1. The highest BCUT2D eigenvalue weighted by atomic mass is 16.4. The molecule has 1 aromatic rings. The first-order chi connectivity index (χ1) is 11.4. The van der Waals surface area contributed by atoms with Crippen molar-refractivity contribution in [3.63, 3.8) is 0 Å². The molecule has 0 amide bonds. The Morgan fingerprint density at radius 1 is 1.17 bits per heavy atom. The van der Waals surface area contributed by atoms with Crippen LogP contribution in [-0.2, 0) is 16.0 Å². The van der Waals surface area contributed by atoms with E-state index < -0.39 is 29.3 Å². The van der Waals surface area contributed by atoms with Crippen LogP contribution >= 0.6 is 0 Å². The number of unbranched alkanes of at least 4 members (excludes halogenated alkanes) is 2. The van der Waals surface area contributed by atoms with Crippen LogP contribution in [0, 0.1) is 17.8 Å². The van der Waals surface area contributed by atoms with Gasteiger partial charge in [0.1, 0.15) is 5.54 Å². The Labute approximate surface area is 142 Å². The molecule has 0 spiro atoms. The number of rotatable bonds is 10. The van der Waals surface area contributed by atoms with Gasteiger partial charge in [-0.2, -0.15) is 0 Å². The molecule has 5 heteroatoms. The second-order valence-electron chi connectivity index (χ2n) is 6.88. The predicted octanol–water partition coefficient (Wildman–Crippen LogP) is 2.93. The van der Waals surface area contributed by atoms with Gasteiger partial charge in [-0.15, -0.1) is 0 Å². The highest BCUT2D eigenvalue weighted by molar-refractivity contribution is 5.84. The number of nitrogens with two attached hydrogens (primary N) is 1. The molecule has 132 valence electrons. The van der Waals surface area contributed by atoms with Crippen molar-refractivity contribution in [1.82, 2.24) is 0 Å². The molecule has 2 rings (SSSR count). The Bertz CT molecular complexity index is 574. The first-order valence-corrected chi connectivity index (χ1v) is 8.70. The van der Waals surface area contributed by atoms with E-state index >= 15 is 0 Å². The minimum Gasteiger partial charge on any atom is -0.481 e. The minimum atomic E-state index is -1.48. The van der Waals surface area contributed by atoms with Crippen LogP contribution in [0.3, 0.4) is 0 Å². The van der Waals surface area contributed by atoms with Crippen LogP contribution in [-0.4, -0.2) is 27.7 Å². The predicted molar refractivity (Wildman–Crippen MR) is 91.6 cm³/mol. The number of benzene rings is 1. The van der Waals surface area contributed by atoms with Crippen molar-refractivity contribution in [3.8, 4) is 0 Å². The van der Waals surface area contributed by atoms with Gasteiger partial charge in [-0.1, -0.05) is 56.5 Å². The second-order valence-corrected chi connectivity index (χ2v) is 6.88. The summed E-state index contributed by atoms with van der Waals surface area (Å²) in [5, 5.41) is 19.1. The Balaban J connectivity index is 2.09. The van der Waals surface area contributed by atoms with E-state index in [0.29, 0.717) is 6.42 Å². The van der Waals surface area contributed by atoms with Gasteiger partial charge < -0.3 is 15.9 Å². The molecule has 0 aliphatic heterocycles. The fourth-order valence-electron chi connectivity index (χ4n) is 3.81. The van der Waals surface area contributed by atoms with Crippen LogP contribution in [0.15, 0.2) is 30.3 Å². The third kappa shape index (κ3) is 3.96. The van der Waals surface area contributed by atoms with E-state index in [-0.39, 0.29) is 12.3 Å². The lowest BCUT2D eigenvalue weighted by Crippen LogP contribution is -2.51. The number of aliphatic carboxylic acids is 2. The van der Waals surface area contributed by atoms with Crippen molar-refractivity contribution >= 4 is 11.9 Å². The number of carbonyl (C=O) groups is 2. The third-order valence-electron chi connectivity index (χ3n) is 5.26. The van der Waals surface area contributed by atoms with Crippen molar-refractivity contribution in [2.75, 3.05) is 0 Å². The molecule has 1 aromatic carbocycles. The van der Waals surface area contributed by atoms with Crippen LogP contribution in [0.5, 0.6) is 0 Å². The molecule has 1 aliphatic carbocycles. The molecule has 0 aromatic heterocycles. The van der Waals surface area contributed by atoms with Gasteiger partial charge in [0.2, 0.25) is 0 Å². The van der Waals surface area contributed by atoms with E-state index in [1.165, 1.54) is 0 Å². The summed E-state index contributed by atoms with van der Waals surface area (Å²) in [6.45, 7) is 2.09. The molecular formula is C19H27NO4. The monoisotopic (exact) mass is 333 g/mol. The van der Waals surface area contributed by atoms with Gasteiger partial charge in [-0.05, 0) is 30.7 Å². The van der Waals surface area contributed by atoms with Crippen molar-refractivity contribution < 1.29 is 19.8 Å². The molecule has 1 saturated carbocycles. The summed E-state index contributed by atoms with van der Waals surface area (Å²) in [4.78, 5) is 23.4. The fraction of sp³-hybridized carbons (Fsp3) is 0.579. The lowest BCUT2D eigenvalue weighted by molar-refractivity contribution is -0.145. The quantitative estimate of drug-likeness (QED) is 0.572. The first-order valence-electron chi connectivity index (χ1n) is 8.70. The average molecular weight is 333 g/mol. The van der Waals surface area contributed by atoms with Crippen molar-refractivity contribution in [3.05, 3.63) is 35.9 Å². The van der Waals surface area contributed by atoms with Gasteiger partial charge in [0.25, 0.3) is 0 Å². The standard InChI is InChI=1S/C19H27NO4/c1-2-3-5-10-14-15(17(21)22)16(14)19(20,18(23)24)12-11-13-8-6-4-7-9-13/h4,6-9,14-16H,2-3,5,10-12,20H2,1H3,(H,21,22)(H,23,24)/t14-,15+,16+,19?/m1/s1. The highest BCUT2D eigenvalue weighted by Gasteiger charge is 2.65. The molecule has 0 bridgehead atoms. The van der Waals surface area contributed by atoms with Crippen molar-refractivity contribution in [2.45, 2.75) is 51.0 Å². The first kappa shape index (κ1) is 18.5. The van der Waals surface area contributed by atoms with Crippen LogP contribution < -0.4 is 5.73 Å². The second kappa shape index (κ2) is 7.79. The largest absolute Gasteiger partial charge is 0.481 e. The van der Waals surface area contributed by atoms with Gasteiger partial charge in [0.15, 0.2) is 0 Å². The van der Waals surface area contributed by atoms with E-state index in [9.17, 15) is 19.8 Å². The molecular weight excluding hydrogens is 306 g/mol. The maximum absolute atomic E-state index is 11.8. The van der Waals surface area contributed by atoms with E-state index in [0.717, 1.165) is 31.2 Å². The number of carboxylic acids is 2. The van der Waals surface area contributed by atoms with Crippen molar-refractivity contribution in [1.29, 1.82) is 0 Å². The van der Waals surface area contributed by atoms with E-state index in [1.807, 2.05) is 30.3 Å². The van der Waals surface area contributed by atoms with E-state index in [1.54, 1.807) is 0 Å². The Kier molecular flexibility index (Phi) is 5.99. The van der Waals surface area contributed by atoms with E-state index in [4.69, 9.17) is 5.73 Å². The Hall–Kier alpha value is -1.88. The average Bonchev–Trinajstić information content (AvgIpc) is 3.29. The molecule has 1 fully saturated rings. The topological polar surface area (TPSA) is 101 Å². The molecule has 0 radical (unpaired) electrons. The lowest BCUT2D eigenvalue weighted by atomic mass is 9.85. The zero-order valence-corrected chi connectivity index (χ0v) is 14.1. The van der Waals surface area contributed by atoms with Gasteiger partial charge in [0, 0.05) is 5.92 Å². The summed E-state index contributed by atoms with van der Waals surface area (Å²) in [5.74, 6) is -3.23. The molecule has 5 nitrogen and oxygen atoms in total. The summed E-state index contributed by atoms with van der Waals surface area (Å²) in [7, 11) is 0. The third-order valence-corrected chi connectivity index (χ3v) is 5.26. The van der Waals surface area contributed by atoms with Crippen LogP contribution in [0.2, 0.25) is 0 Å². The summed E-state index contributed by atoms with van der Waals surface area (Å²) < 4.78 is 0. The van der Waals surface area contributed by atoms with Gasteiger partial charge in [0.05, 0.1) is 5.92 Å².